The molecular weight excluding hydrogens is 362 g/mol. The summed E-state index contributed by atoms with van der Waals surface area (Å²) in [5.41, 5.74) is 2.58. The van der Waals surface area contributed by atoms with Crippen LogP contribution < -0.4 is 5.32 Å². The lowest BCUT2D eigenvalue weighted by atomic mass is 10.1. The van der Waals surface area contributed by atoms with Gasteiger partial charge < -0.3 is 10.1 Å². The Morgan fingerprint density at radius 2 is 2.04 bits per heavy atom. The van der Waals surface area contributed by atoms with E-state index in [9.17, 15) is 4.79 Å². The first-order valence-electron chi connectivity index (χ1n) is 9.06. The van der Waals surface area contributed by atoms with E-state index in [0.29, 0.717) is 18.7 Å². The zero-order valence-corrected chi connectivity index (χ0v) is 16.3. The number of nitrogens with zero attached hydrogens (tertiary/aromatic N) is 4. The molecule has 2 aromatic heterocycles. The number of rotatable bonds is 9. The molecule has 1 N–H and O–H groups in total. The summed E-state index contributed by atoms with van der Waals surface area (Å²) in [4.78, 5) is 11.7. The average Bonchev–Trinajstić information content (AvgIpc) is 3.33. The lowest BCUT2D eigenvalue weighted by Crippen LogP contribution is -2.04. The number of carbonyl (C=O) groups excluding carboxylic acids is 1. The van der Waals surface area contributed by atoms with E-state index in [0.717, 1.165) is 40.7 Å². The quantitative estimate of drug-likeness (QED) is 0.445. The monoisotopic (exact) mass is 385 g/mol. The molecule has 3 rings (SSSR count). The predicted molar refractivity (Wildman–Crippen MR) is 106 cm³/mol. The molecule has 0 unspecified atom stereocenters. The molecule has 2 heterocycles. The molecule has 0 amide bonds. The highest BCUT2D eigenvalue weighted by Crippen LogP contribution is 2.26. The van der Waals surface area contributed by atoms with Crippen molar-refractivity contribution in [1.82, 2.24) is 20.0 Å². The van der Waals surface area contributed by atoms with E-state index in [1.54, 1.807) is 29.1 Å². The van der Waals surface area contributed by atoms with Gasteiger partial charge in [0, 0.05) is 18.3 Å². The van der Waals surface area contributed by atoms with Crippen LogP contribution in [0.4, 0.5) is 5.13 Å². The fourth-order valence-electron chi connectivity index (χ4n) is 2.49. The maximum absolute atomic E-state index is 11.7. The highest BCUT2D eigenvalue weighted by atomic mass is 32.1. The van der Waals surface area contributed by atoms with Crippen molar-refractivity contribution in [3.63, 3.8) is 0 Å². The zero-order chi connectivity index (χ0) is 19.1. The van der Waals surface area contributed by atoms with Crippen LogP contribution in [0.25, 0.3) is 10.6 Å². The molecule has 0 fully saturated rings. The van der Waals surface area contributed by atoms with Gasteiger partial charge in [0.15, 0.2) is 0 Å². The van der Waals surface area contributed by atoms with Gasteiger partial charge in [-0.1, -0.05) is 48.9 Å². The van der Waals surface area contributed by atoms with Gasteiger partial charge in [0.2, 0.25) is 5.13 Å². The molecule has 8 heteroatoms. The lowest BCUT2D eigenvalue weighted by molar-refractivity contribution is 0.0526. The number of esters is 1. The molecule has 0 atom stereocenters. The summed E-state index contributed by atoms with van der Waals surface area (Å²) in [6.07, 6.45) is 5.50. The van der Waals surface area contributed by atoms with E-state index in [-0.39, 0.29) is 5.97 Å². The first-order chi connectivity index (χ1) is 13.2. The van der Waals surface area contributed by atoms with Crippen LogP contribution in [0.2, 0.25) is 0 Å². The van der Waals surface area contributed by atoms with Gasteiger partial charge in [-0.25, -0.2) is 4.79 Å². The van der Waals surface area contributed by atoms with Crippen LogP contribution in [-0.4, -0.2) is 39.1 Å². The van der Waals surface area contributed by atoms with E-state index in [4.69, 9.17) is 4.74 Å². The number of nitrogens with one attached hydrogen (secondary N) is 1. The number of hydrogen-bond donors (Lipinski definition) is 1. The molecule has 0 aliphatic rings. The molecular formula is C19H23N5O2S. The Morgan fingerprint density at radius 1 is 1.22 bits per heavy atom. The summed E-state index contributed by atoms with van der Waals surface area (Å²) in [5, 5.41) is 17.7. The van der Waals surface area contributed by atoms with Gasteiger partial charge in [0.1, 0.15) is 5.01 Å². The minimum Gasteiger partial charge on any atom is -0.462 e. The highest BCUT2D eigenvalue weighted by Gasteiger charge is 2.10. The predicted octanol–water partition coefficient (Wildman–Crippen LogP) is 3.84. The number of carbonyl (C=O) groups is 1. The number of hydrogen-bond acceptors (Lipinski definition) is 7. The van der Waals surface area contributed by atoms with Gasteiger partial charge in [-0.05, 0) is 18.9 Å². The maximum Gasteiger partial charge on any atom is 0.341 e. The molecule has 27 heavy (non-hydrogen) atoms. The van der Waals surface area contributed by atoms with Crippen molar-refractivity contribution in [2.24, 2.45) is 0 Å². The van der Waals surface area contributed by atoms with Crippen molar-refractivity contribution in [1.29, 1.82) is 0 Å². The molecule has 142 valence electrons. The van der Waals surface area contributed by atoms with Gasteiger partial charge in [-0.3, -0.25) is 4.68 Å². The van der Waals surface area contributed by atoms with Crippen LogP contribution in [0.3, 0.4) is 0 Å². The Bertz CT molecular complexity index is 872. The minimum absolute atomic E-state index is 0.348. The molecule has 7 nitrogen and oxygen atoms in total. The van der Waals surface area contributed by atoms with E-state index in [1.807, 2.05) is 24.3 Å². The first kappa shape index (κ1) is 19.0. The van der Waals surface area contributed by atoms with Crippen molar-refractivity contribution >= 4 is 22.4 Å². The third-order valence-electron chi connectivity index (χ3n) is 3.92. The third-order valence-corrected chi connectivity index (χ3v) is 4.85. The van der Waals surface area contributed by atoms with Crippen LogP contribution in [-0.2, 0) is 11.3 Å². The van der Waals surface area contributed by atoms with Crippen LogP contribution >= 0.6 is 11.3 Å². The second-order valence-electron chi connectivity index (χ2n) is 6.04. The summed E-state index contributed by atoms with van der Waals surface area (Å²) in [6, 6.07) is 8.13. The van der Waals surface area contributed by atoms with Crippen LogP contribution in [0.1, 0.15) is 42.6 Å². The van der Waals surface area contributed by atoms with Gasteiger partial charge in [0.25, 0.3) is 0 Å². The largest absolute Gasteiger partial charge is 0.462 e. The Morgan fingerprint density at radius 3 is 2.78 bits per heavy atom. The van der Waals surface area contributed by atoms with Gasteiger partial charge in [-0.2, -0.15) is 5.10 Å². The van der Waals surface area contributed by atoms with Crippen LogP contribution in [0, 0.1) is 0 Å². The summed E-state index contributed by atoms with van der Waals surface area (Å²) < 4.78 is 6.70. The fraction of sp³-hybridized carbons (Fsp3) is 0.368. The normalized spacial score (nSPS) is 10.7. The molecule has 0 aliphatic heterocycles. The summed E-state index contributed by atoms with van der Waals surface area (Å²) in [7, 11) is 0. The van der Waals surface area contributed by atoms with Gasteiger partial charge >= 0.3 is 5.97 Å². The number of anilines is 1. The summed E-state index contributed by atoms with van der Waals surface area (Å²) in [5.74, 6) is -0.348. The number of benzene rings is 1. The highest BCUT2D eigenvalue weighted by molar-refractivity contribution is 7.18. The topological polar surface area (TPSA) is 81.9 Å². The van der Waals surface area contributed by atoms with E-state index >= 15 is 0 Å². The fourth-order valence-corrected chi connectivity index (χ4v) is 3.27. The van der Waals surface area contributed by atoms with E-state index in [1.165, 1.54) is 6.20 Å². The molecule has 3 aromatic rings. The smallest absolute Gasteiger partial charge is 0.341 e. The van der Waals surface area contributed by atoms with Crippen molar-refractivity contribution in [3.8, 4) is 10.6 Å². The van der Waals surface area contributed by atoms with Gasteiger partial charge in [-0.15, -0.1) is 10.2 Å². The maximum atomic E-state index is 11.7. The Hall–Kier alpha value is -2.74. The van der Waals surface area contributed by atoms with Crippen molar-refractivity contribution in [2.45, 2.75) is 33.2 Å². The molecule has 0 bridgehead atoms. The molecule has 0 radical (unpaired) electrons. The lowest BCUT2D eigenvalue weighted by Gasteiger charge is -2.03. The second kappa shape index (κ2) is 9.27. The number of unbranched alkanes of at least 4 members (excludes halogenated alkanes) is 1. The van der Waals surface area contributed by atoms with Gasteiger partial charge in [0.05, 0.1) is 24.9 Å². The van der Waals surface area contributed by atoms with Crippen molar-refractivity contribution in [2.75, 3.05) is 18.5 Å². The molecule has 0 saturated heterocycles. The minimum atomic E-state index is -0.348. The summed E-state index contributed by atoms with van der Waals surface area (Å²) in [6.45, 7) is 5.80. The van der Waals surface area contributed by atoms with E-state index < -0.39 is 0 Å². The number of aromatic nitrogens is 4. The first-order valence-corrected chi connectivity index (χ1v) is 9.87. The molecule has 0 aliphatic carbocycles. The van der Waals surface area contributed by atoms with Crippen molar-refractivity contribution in [3.05, 3.63) is 47.8 Å². The second-order valence-corrected chi connectivity index (χ2v) is 7.01. The standard InChI is InChI=1S/C19H23N5O2S/c1-3-5-10-20-19-23-22-17(27-19)15-8-6-14(7-9-15)12-24-13-16(11-21-24)18(25)26-4-2/h6-9,11,13H,3-5,10,12H2,1-2H3,(H,20,23). The Kier molecular flexibility index (Phi) is 6.54. The molecule has 1 aromatic carbocycles. The Balaban J connectivity index is 1.61. The SMILES string of the molecule is CCCCNc1nnc(-c2ccc(Cn3cc(C(=O)OCC)cn3)cc2)s1. The van der Waals surface area contributed by atoms with Crippen LogP contribution in [0.15, 0.2) is 36.7 Å². The van der Waals surface area contributed by atoms with Crippen molar-refractivity contribution < 1.29 is 9.53 Å². The third kappa shape index (κ3) is 5.13. The van der Waals surface area contributed by atoms with E-state index in [2.05, 4.69) is 27.5 Å². The average molecular weight is 385 g/mol. The Labute approximate surface area is 162 Å². The molecule has 0 saturated carbocycles. The zero-order valence-electron chi connectivity index (χ0n) is 15.5. The molecule has 0 spiro atoms. The van der Waals surface area contributed by atoms with Crippen LogP contribution in [0.5, 0.6) is 0 Å². The summed E-state index contributed by atoms with van der Waals surface area (Å²) >= 11 is 1.56. The number of ether oxygens (including phenoxy) is 1.